The molecule has 0 aliphatic carbocycles. The number of rotatable bonds is 12. The van der Waals surface area contributed by atoms with Gasteiger partial charge in [-0.1, -0.05) is 62.1 Å². The average Bonchev–Trinajstić information content (AvgIpc) is 3.23. The number of nitrogens with two attached hydrogens (primary N) is 1. The maximum absolute atomic E-state index is 12.0. The Balaban J connectivity index is 1.59. The number of methoxy groups -OCH3 is 1. The fourth-order valence-corrected chi connectivity index (χ4v) is 4.26. The first kappa shape index (κ1) is 23.7. The van der Waals surface area contributed by atoms with Gasteiger partial charge < -0.3 is 20.8 Å². The van der Waals surface area contributed by atoms with Crippen LogP contribution in [0, 0.1) is 0 Å². The Labute approximate surface area is 200 Å². The lowest BCUT2D eigenvalue weighted by molar-refractivity contribution is 0.0601. The van der Waals surface area contributed by atoms with E-state index < -0.39 is 0 Å². The Hall–Kier alpha value is -3.45. The van der Waals surface area contributed by atoms with Crippen molar-refractivity contribution in [1.82, 2.24) is 15.0 Å². The minimum Gasteiger partial charge on any atom is -0.465 e. The number of ether oxygens (including phenoxy) is 1. The molecule has 0 saturated carbocycles. The van der Waals surface area contributed by atoms with Gasteiger partial charge >= 0.3 is 5.97 Å². The van der Waals surface area contributed by atoms with Crippen LogP contribution in [0.25, 0.3) is 21.9 Å². The van der Waals surface area contributed by atoms with Gasteiger partial charge in [0.05, 0.1) is 18.1 Å². The smallest absolute Gasteiger partial charge is 0.337 e. The van der Waals surface area contributed by atoms with E-state index in [0.29, 0.717) is 12.0 Å². The van der Waals surface area contributed by atoms with Gasteiger partial charge in [-0.25, -0.2) is 14.8 Å². The first-order valence-electron chi connectivity index (χ1n) is 12.1. The molecule has 0 radical (unpaired) electrons. The number of H-pyrrole nitrogens is 1. The highest BCUT2D eigenvalue weighted by Gasteiger charge is 2.16. The molecule has 4 rings (SSSR count). The van der Waals surface area contributed by atoms with E-state index in [4.69, 9.17) is 20.4 Å². The summed E-state index contributed by atoms with van der Waals surface area (Å²) in [7, 11) is 1.39. The second-order valence-corrected chi connectivity index (χ2v) is 8.59. The predicted molar refractivity (Wildman–Crippen MR) is 137 cm³/mol. The molecule has 0 amide bonds. The number of nitrogens with zero attached hydrogens (tertiary/aromatic N) is 2. The predicted octanol–water partition coefficient (Wildman–Crippen LogP) is 5.20. The van der Waals surface area contributed by atoms with E-state index in [1.54, 1.807) is 6.07 Å². The van der Waals surface area contributed by atoms with Crippen molar-refractivity contribution in [2.45, 2.75) is 44.9 Å². The van der Waals surface area contributed by atoms with Crippen molar-refractivity contribution < 1.29 is 9.53 Å². The number of hydrogen-bond donors (Lipinski definition) is 3. The summed E-state index contributed by atoms with van der Waals surface area (Å²) in [5.41, 5.74) is 8.84. The molecule has 0 saturated heterocycles. The Kier molecular flexibility index (Phi) is 8.09. The maximum Gasteiger partial charge on any atom is 0.337 e. The zero-order valence-electron chi connectivity index (χ0n) is 19.8. The molecule has 2 heterocycles. The molecule has 4 N–H and O–H groups in total. The molecule has 0 atom stereocenters. The molecule has 7 nitrogen and oxygen atoms in total. The molecule has 0 bridgehead atoms. The van der Waals surface area contributed by atoms with Crippen LogP contribution in [-0.2, 0) is 11.2 Å². The van der Waals surface area contributed by atoms with Crippen LogP contribution in [0.5, 0.6) is 0 Å². The maximum atomic E-state index is 12.0. The molecule has 7 heteroatoms. The number of aromatic nitrogens is 3. The number of benzene rings is 2. The van der Waals surface area contributed by atoms with E-state index in [2.05, 4.69) is 22.4 Å². The quantitative estimate of drug-likeness (QED) is 0.199. The number of nitrogens with one attached hydrogen (secondary N) is 2. The van der Waals surface area contributed by atoms with Crippen molar-refractivity contribution >= 4 is 33.7 Å². The van der Waals surface area contributed by atoms with Gasteiger partial charge in [0, 0.05) is 23.9 Å². The normalized spacial score (nSPS) is 11.2. The van der Waals surface area contributed by atoms with E-state index in [1.807, 2.05) is 30.3 Å². The molecule has 34 heavy (non-hydrogen) atoms. The summed E-state index contributed by atoms with van der Waals surface area (Å²) >= 11 is 0. The van der Waals surface area contributed by atoms with Gasteiger partial charge in [0.25, 0.3) is 0 Å². The summed E-state index contributed by atoms with van der Waals surface area (Å²) in [6.07, 6.45) is 7.69. The fourth-order valence-electron chi connectivity index (χ4n) is 4.26. The van der Waals surface area contributed by atoms with Crippen LogP contribution in [0.2, 0.25) is 0 Å². The molecule has 0 fully saturated rings. The molecular weight excluding hydrogens is 426 g/mol. The summed E-state index contributed by atoms with van der Waals surface area (Å²) < 4.78 is 4.88. The third-order valence-corrected chi connectivity index (χ3v) is 6.05. The highest BCUT2D eigenvalue weighted by atomic mass is 16.5. The average molecular weight is 460 g/mol. The number of hydrogen-bond acceptors (Lipinski definition) is 6. The molecule has 0 aliphatic heterocycles. The second kappa shape index (κ2) is 11.6. The SMILES string of the molecule is COC(=O)c1ccc2c(c1)[nH]c1nc(Cc3ccccc3)nc(NCCCCCCCCN)c12. The van der Waals surface area contributed by atoms with Gasteiger partial charge in [-0.05, 0) is 37.1 Å². The Morgan fingerprint density at radius 2 is 1.76 bits per heavy atom. The lowest BCUT2D eigenvalue weighted by Gasteiger charge is -2.10. The van der Waals surface area contributed by atoms with Gasteiger partial charge in [-0.15, -0.1) is 0 Å². The van der Waals surface area contributed by atoms with Gasteiger partial charge in [-0.2, -0.15) is 0 Å². The van der Waals surface area contributed by atoms with Crippen molar-refractivity contribution in [3.8, 4) is 0 Å². The standard InChI is InChI=1S/C27H33N5O2/c1-34-27(33)20-13-14-21-22(18-20)30-26-24(21)25(29-16-10-5-3-2-4-9-15-28)31-23(32-26)17-19-11-7-6-8-12-19/h6-8,11-14,18H,2-5,9-10,15-17,28H2,1H3,(H2,29,30,31,32). The zero-order valence-corrected chi connectivity index (χ0v) is 19.8. The first-order chi connectivity index (χ1) is 16.7. The third-order valence-electron chi connectivity index (χ3n) is 6.05. The Morgan fingerprint density at radius 3 is 2.53 bits per heavy atom. The van der Waals surface area contributed by atoms with Gasteiger partial charge in [0.1, 0.15) is 17.3 Å². The van der Waals surface area contributed by atoms with Gasteiger partial charge in [0.2, 0.25) is 0 Å². The van der Waals surface area contributed by atoms with Crippen LogP contribution in [0.4, 0.5) is 5.82 Å². The molecule has 0 spiro atoms. The summed E-state index contributed by atoms with van der Waals surface area (Å²) in [5, 5.41) is 5.49. The van der Waals surface area contributed by atoms with E-state index in [9.17, 15) is 4.79 Å². The minimum absolute atomic E-state index is 0.360. The monoisotopic (exact) mass is 459 g/mol. The molecule has 4 aromatic rings. The summed E-state index contributed by atoms with van der Waals surface area (Å²) in [4.78, 5) is 25.1. The number of esters is 1. The summed E-state index contributed by atoms with van der Waals surface area (Å²) in [5.74, 6) is 1.22. The van der Waals surface area contributed by atoms with Crippen LogP contribution in [-0.4, -0.2) is 41.1 Å². The number of anilines is 1. The Morgan fingerprint density at radius 1 is 1.00 bits per heavy atom. The lowest BCUT2D eigenvalue weighted by Crippen LogP contribution is -2.07. The molecule has 2 aromatic heterocycles. The third kappa shape index (κ3) is 5.72. The number of fused-ring (bicyclic) bond motifs is 3. The van der Waals surface area contributed by atoms with Crippen LogP contribution >= 0.6 is 0 Å². The van der Waals surface area contributed by atoms with Crippen molar-refractivity contribution in [3.63, 3.8) is 0 Å². The molecule has 0 unspecified atom stereocenters. The van der Waals surface area contributed by atoms with Gasteiger partial charge in [-0.3, -0.25) is 0 Å². The number of carbonyl (C=O) groups excluding carboxylic acids is 1. The van der Waals surface area contributed by atoms with Crippen molar-refractivity contribution in [1.29, 1.82) is 0 Å². The number of carbonyl (C=O) groups is 1. The number of aromatic amines is 1. The first-order valence-corrected chi connectivity index (χ1v) is 12.1. The minimum atomic E-state index is -0.360. The van der Waals surface area contributed by atoms with Crippen LogP contribution in [0.3, 0.4) is 0 Å². The van der Waals surface area contributed by atoms with Crippen LogP contribution in [0.1, 0.15) is 60.3 Å². The molecular formula is C27H33N5O2. The zero-order chi connectivity index (χ0) is 23.8. The van der Waals surface area contributed by atoms with Gasteiger partial charge in [0.15, 0.2) is 0 Å². The summed E-state index contributed by atoms with van der Waals surface area (Å²) in [6, 6.07) is 15.7. The van der Waals surface area contributed by atoms with Crippen molar-refractivity contribution in [2.75, 3.05) is 25.5 Å². The largest absolute Gasteiger partial charge is 0.465 e. The highest BCUT2D eigenvalue weighted by molar-refractivity contribution is 6.12. The fraction of sp³-hybridized carbons (Fsp3) is 0.370. The molecule has 0 aliphatic rings. The highest BCUT2D eigenvalue weighted by Crippen LogP contribution is 2.31. The van der Waals surface area contributed by atoms with Crippen molar-refractivity contribution in [2.24, 2.45) is 5.73 Å². The molecule has 178 valence electrons. The van der Waals surface area contributed by atoms with Crippen LogP contribution in [0.15, 0.2) is 48.5 Å². The van der Waals surface area contributed by atoms with E-state index in [-0.39, 0.29) is 5.97 Å². The Bertz CT molecular complexity index is 1240. The van der Waals surface area contributed by atoms with E-state index in [1.165, 1.54) is 32.8 Å². The number of unbranched alkanes of at least 4 members (excludes halogenated alkanes) is 5. The summed E-state index contributed by atoms with van der Waals surface area (Å²) in [6.45, 7) is 1.63. The second-order valence-electron chi connectivity index (χ2n) is 8.59. The van der Waals surface area contributed by atoms with E-state index in [0.717, 1.165) is 65.1 Å². The van der Waals surface area contributed by atoms with E-state index >= 15 is 0 Å². The van der Waals surface area contributed by atoms with Crippen LogP contribution < -0.4 is 11.1 Å². The topological polar surface area (TPSA) is 106 Å². The molecule has 2 aromatic carbocycles. The van der Waals surface area contributed by atoms with Crippen molar-refractivity contribution in [3.05, 3.63) is 65.5 Å². The lowest BCUT2D eigenvalue weighted by atomic mass is 10.1.